The van der Waals surface area contributed by atoms with E-state index in [-0.39, 0.29) is 0 Å². The van der Waals surface area contributed by atoms with E-state index in [1.165, 1.54) is 0 Å². The maximum absolute atomic E-state index is 5.22. The van der Waals surface area contributed by atoms with Gasteiger partial charge in [-0.2, -0.15) is 0 Å². The van der Waals surface area contributed by atoms with Crippen LogP contribution < -0.4 is 10.1 Å². The van der Waals surface area contributed by atoms with E-state index in [0.717, 1.165) is 22.7 Å². The zero-order chi connectivity index (χ0) is 12.3. The summed E-state index contributed by atoms with van der Waals surface area (Å²) in [4.78, 5) is 0. The van der Waals surface area contributed by atoms with Gasteiger partial charge in [0.25, 0.3) is 0 Å². The molecule has 0 radical (unpaired) electrons. The zero-order valence-corrected chi connectivity index (χ0v) is 10.3. The van der Waals surface area contributed by atoms with Crippen LogP contribution in [0, 0.1) is 6.92 Å². The van der Waals surface area contributed by atoms with E-state index in [0.29, 0.717) is 6.54 Å². The summed E-state index contributed by atoms with van der Waals surface area (Å²) in [5, 5.41) is 11.0. The van der Waals surface area contributed by atoms with Gasteiger partial charge in [0.1, 0.15) is 5.75 Å². The summed E-state index contributed by atoms with van der Waals surface area (Å²) >= 11 is 0. The molecule has 0 atom stereocenters. The number of nitrogens with zero attached hydrogens (tertiary/aromatic N) is 3. The molecule has 0 fully saturated rings. The molecule has 0 unspecified atom stereocenters. The molecule has 1 aromatic heterocycles. The SMILES string of the molecule is COc1ccc(NCc2cnnn2C)cc1C. The molecule has 17 heavy (non-hydrogen) atoms. The summed E-state index contributed by atoms with van der Waals surface area (Å²) in [5.41, 5.74) is 3.21. The van der Waals surface area contributed by atoms with Crippen molar-refractivity contribution in [2.45, 2.75) is 13.5 Å². The molecule has 2 aromatic rings. The molecule has 0 aliphatic rings. The maximum atomic E-state index is 5.22. The molecule has 0 bridgehead atoms. The van der Waals surface area contributed by atoms with Gasteiger partial charge in [0.2, 0.25) is 0 Å². The van der Waals surface area contributed by atoms with Crippen LogP contribution in [-0.4, -0.2) is 22.1 Å². The topological polar surface area (TPSA) is 52.0 Å². The van der Waals surface area contributed by atoms with Crippen molar-refractivity contribution >= 4 is 5.69 Å². The molecule has 1 heterocycles. The van der Waals surface area contributed by atoms with E-state index < -0.39 is 0 Å². The summed E-state index contributed by atoms with van der Waals surface area (Å²) in [5.74, 6) is 0.901. The van der Waals surface area contributed by atoms with Gasteiger partial charge in [-0.3, -0.25) is 4.68 Å². The fraction of sp³-hybridized carbons (Fsp3) is 0.333. The third kappa shape index (κ3) is 2.55. The van der Waals surface area contributed by atoms with Crippen LogP contribution in [0.2, 0.25) is 0 Å². The number of aromatic nitrogens is 3. The number of hydrogen-bond acceptors (Lipinski definition) is 4. The van der Waals surface area contributed by atoms with Gasteiger partial charge in [-0.15, -0.1) is 5.10 Å². The van der Waals surface area contributed by atoms with E-state index in [9.17, 15) is 0 Å². The Morgan fingerprint density at radius 2 is 2.24 bits per heavy atom. The third-order valence-electron chi connectivity index (χ3n) is 2.68. The Bertz CT molecular complexity index is 507. The second kappa shape index (κ2) is 4.86. The van der Waals surface area contributed by atoms with Crippen LogP contribution in [0.5, 0.6) is 5.75 Å². The summed E-state index contributed by atoms with van der Waals surface area (Å²) in [6.45, 7) is 2.73. The lowest BCUT2D eigenvalue weighted by atomic mass is 10.2. The molecule has 0 aliphatic carbocycles. The van der Waals surface area contributed by atoms with Crippen LogP contribution in [0.3, 0.4) is 0 Å². The Hall–Kier alpha value is -2.04. The lowest BCUT2D eigenvalue weighted by Crippen LogP contribution is -2.05. The van der Waals surface area contributed by atoms with Crippen LogP contribution >= 0.6 is 0 Å². The molecule has 0 saturated heterocycles. The van der Waals surface area contributed by atoms with Crippen molar-refractivity contribution in [2.24, 2.45) is 7.05 Å². The molecule has 0 spiro atoms. The first kappa shape index (κ1) is 11.4. The number of methoxy groups -OCH3 is 1. The number of anilines is 1. The molecular formula is C12H16N4O. The Balaban J connectivity index is 2.05. The summed E-state index contributed by atoms with van der Waals surface area (Å²) in [6.07, 6.45) is 1.75. The quantitative estimate of drug-likeness (QED) is 0.872. The standard InChI is InChI=1S/C12H16N4O/c1-9-6-10(4-5-12(9)17-3)13-7-11-8-14-15-16(11)2/h4-6,8,13H,7H2,1-3H3. The van der Waals surface area contributed by atoms with Gasteiger partial charge >= 0.3 is 0 Å². The number of aryl methyl sites for hydroxylation is 2. The fourth-order valence-corrected chi connectivity index (χ4v) is 1.65. The predicted octanol–water partition coefficient (Wildman–Crippen LogP) is 1.74. The monoisotopic (exact) mass is 232 g/mol. The van der Waals surface area contributed by atoms with E-state index in [2.05, 4.69) is 21.7 Å². The van der Waals surface area contributed by atoms with Crippen molar-refractivity contribution in [1.82, 2.24) is 15.0 Å². The Morgan fingerprint density at radius 3 is 2.82 bits per heavy atom. The van der Waals surface area contributed by atoms with Crippen molar-refractivity contribution in [2.75, 3.05) is 12.4 Å². The van der Waals surface area contributed by atoms with E-state index in [4.69, 9.17) is 4.74 Å². The van der Waals surface area contributed by atoms with Gasteiger partial charge in [-0.25, -0.2) is 0 Å². The maximum Gasteiger partial charge on any atom is 0.121 e. The molecule has 1 N–H and O–H groups in total. The fourth-order valence-electron chi connectivity index (χ4n) is 1.65. The second-order valence-corrected chi connectivity index (χ2v) is 3.89. The summed E-state index contributed by atoms with van der Waals surface area (Å²) in [7, 11) is 3.56. The van der Waals surface area contributed by atoms with Crippen molar-refractivity contribution in [3.63, 3.8) is 0 Å². The molecule has 5 nitrogen and oxygen atoms in total. The van der Waals surface area contributed by atoms with Gasteiger partial charge in [0, 0.05) is 12.7 Å². The van der Waals surface area contributed by atoms with Crippen LogP contribution in [0.25, 0.3) is 0 Å². The first-order valence-corrected chi connectivity index (χ1v) is 5.43. The summed E-state index contributed by atoms with van der Waals surface area (Å²) in [6, 6.07) is 6.01. The van der Waals surface area contributed by atoms with E-state index >= 15 is 0 Å². The van der Waals surface area contributed by atoms with Crippen LogP contribution in [0.1, 0.15) is 11.3 Å². The molecule has 1 aromatic carbocycles. The van der Waals surface area contributed by atoms with Gasteiger partial charge < -0.3 is 10.1 Å². The average molecular weight is 232 g/mol. The highest BCUT2D eigenvalue weighted by Crippen LogP contribution is 2.21. The number of hydrogen-bond donors (Lipinski definition) is 1. The molecular weight excluding hydrogens is 216 g/mol. The van der Waals surface area contributed by atoms with Crippen molar-refractivity contribution in [1.29, 1.82) is 0 Å². The lowest BCUT2D eigenvalue weighted by Gasteiger charge is -2.09. The molecule has 5 heteroatoms. The highest BCUT2D eigenvalue weighted by molar-refractivity contribution is 5.50. The largest absolute Gasteiger partial charge is 0.496 e. The smallest absolute Gasteiger partial charge is 0.121 e. The first-order valence-electron chi connectivity index (χ1n) is 5.43. The number of rotatable bonds is 4. The molecule has 0 saturated carbocycles. The second-order valence-electron chi connectivity index (χ2n) is 3.89. The molecule has 90 valence electrons. The van der Waals surface area contributed by atoms with Crippen molar-refractivity contribution < 1.29 is 4.74 Å². The molecule has 2 rings (SSSR count). The molecule has 0 aliphatic heterocycles. The van der Waals surface area contributed by atoms with Crippen molar-refractivity contribution in [3.05, 3.63) is 35.7 Å². The van der Waals surface area contributed by atoms with Crippen molar-refractivity contribution in [3.8, 4) is 5.75 Å². The first-order chi connectivity index (χ1) is 8.20. The number of nitrogens with one attached hydrogen (secondary N) is 1. The van der Waals surface area contributed by atoms with Gasteiger partial charge in [0.15, 0.2) is 0 Å². The van der Waals surface area contributed by atoms with Crippen LogP contribution in [-0.2, 0) is 13.6 Å². The highest BCUT2D eigenvalue weighted by Gasteiger charge is 2.02. The Morgan fingerprint density at radius 1 is 1.41 bits per heavy atom. The van der Waals surface area contributed by atoms with Gasteiger partial charge in [-0.1, -0.05) is 5.21 Å². The van der Waals surface area contributed by atoms with E-state index in [1.807, 2.05) is 26.1 Å². The van der Waals surface area contributed by atoms with E-state index in [1.54, 1.807) is 18.0 Å². The van der Waals surface area contributed by atoms with Gasteiger partial charge in [0.05, 0.1) is 25.5 Å². The normalized spacial score (nSPS) is 10.3. The zero-order valence-electron chi connectivity index (χ0n) is 10.3. The average Bonchev–Trinajstić information content (AvgIpc) is 2.72. The minimum Gasteiger partial charge on any atom is -0.496 e. The third-order valence-corrected chi connectivity index (χ3v) is 2.68. The highest BCUT2D eigenvalue weighted by atomic mass is 16.5. The van der Waals surface area contributed by atoms with Gasteiger partial charge in [-0.05, 0) is 30.7 Å². The Kier molecular flexibility index (Phi) is 3.27. The minimum atomic E-state index is 0.704. The predicted molar refractivity (Wildman–Crippen MR) is 66.1 cm³/mol. The minimum absolute atomic E-state index is 0.704. The number of benzene rings is 1. The number of ether oxygens (including phenoxy) is 1. The molecule has 0 amide bonds. The van der Waals surface area contributed by atoms with Crippen LogP contribution in [0.15, 0.2) is 24.4 Å². The summed E-state index contributed by atoms with van der Waals surface area (Å²) < 4.78 is 6.97. The lowest BCUT2D eigenvalue weighted by molar-refractivity contribution is 0.412. The Labute approximate surface area is 100 Å². The van der Waals surface area contributed by atoms with Crippen LogP contribution in [0.4, 0.5) is 5.69 Å².